The number of aromatic nitrogens is 1. The van der Waals surface area contributed by atoms with Crippen molar-refractivity contribution in [2.45, 2.75) is 49.6 Å². The van der Waals surface area contributed by atoms with Gasteiger partial charge in [-0.05, 0) is 55.6 Å². The second kappa shape index (κ2) is 11.1. The first-order chi connectivity index (χ1) is 17.5. The van der Waals surface area contributed by atoms with Gasteiger partial charge in [0.15, 0.2) is 11.5 Å². The monoisotopic (exact) mass is 514 g/mol. The highest BCUT2D eigenvalue weighted by Gasteiger charge is 2.41. The summed E-state index contributed by atoms with van der Waals surface area (Å²) in [6.45, 7) is 3.54. The topological polar surface area (TPSA) is 101 Å². The predicted molar refractivity (Wildman–Crippen MR) is 134 cm³/mol. The summed E-state index contributed by atoms with van der Waals surface area (Å²) in [6.07, 6.45) is 8.15. The lowest BCUT2D eigenvalue weighted by atomic mass is 9.90. The number of benzene rings is 1. The molecule has 0 unspecified atom stereocenters. The fraction of sp³-hybridized carbons (Fsp3) is 0.538. The maximum Gasteiger partial charge on any atom is 0.243 e. The van der Waals surface area contributed by atoms with Crippen LogP contribution in [-0.2, 0) is 21.4 Å². The van der Waals surface area contributed by atoms with Gasteiger partial charge in [0.2, 0.25) is 15.9 Å². The number of rotatable bonds is 4. The van der Waals surface area contributed by atoms with Crippen LogP contribution < -0.4 is 14.8 Å². The van der Waals surface area contributed by atoms with Gasteiger partial charge in [0, 0.05) is 50.7 Å². The minimum Gasteiger partial charge on any atom is -0.486 e. The smallest absolute Gasteiger partial charge is 0.243 e. The van der Waals surface area contributed by atoms with E-state index in [0.29, 0.717) is 50.8 Å². The van der Waals surface area contributed by atoms with Crippen LogP contribution >= 0.6 is 0 Å². The predicted octanol–water partition coefficient (Wildman–Crippen LogP) is 2.42. The molecule has 2 fully saturated rings. The van der Waals surface area contributed by atoms with Crippen molar-refractivity contribution in [1.29, 1.82) is 0 Å². The molecule has 3 aliphatic heterocycles. The van der Waals surface area contributed by atoms with Crippen molar-refractivity contribution in [3.63, 3.8) is 0 Å². The van der Waals surface area contributed by atoms with E-state index in [1.807, 2.05) is 12.1 Å². The average Bonchev–Trinajstić information content (AvgIpc) is 2.94. The molecule has 1 amide bonds. The van der Waals surface area contributed by atoms with Gasteiger partial charge in [-0.15, -0.1) is 0 Å². The van der Waals surface area contributed by atoms with E-state index in [-0.39, 0.29) is 29.3 Å². The minimum atomic E-state index is -3.77. The van der Waals surface area contributed by atoms with Gasteiger partial charge in [-0.2, -0.15) is 4.31 Å². The Kier molecular flexibility index (Phi) is 7.73. The number of hydrogen-bond donors (Lipinski definition) is 1. The Bertz CT molecular complexity index is 1160. The average molecular weight is 515 g/mol. The molecule has 2 saturated heterocycles. The molecule has 3 aliphatic rings. The molecule has 1 aromatic carbocycles. The summed E-state index contributed by atoms with van der Waals surface area (Å²) in [6, 6.07) is 8.52. The molecule has 9 nitrogen and oxygen atoms in total. The van der Waals surface area contributed by atoms with Crippen molar-refractivity contribution in [3.05, 3.63) is 48.3 Å². The molecule has 2 atom stereocenters. The fourth-order valence-electron chi connectivity index (χ4n) is 5.35. The SMILES string of the molecule is O=C1NCCCCCCN(Cc2ccncc2)[C@@H]2CN(S(=O)(=O)c3ccc4c(c3)OCCO4)CC[C@@H]12. The number of ether oxygens (including phenoxy) is 2. The van der Waals surface area contributed by atoms with Crippen LogP contribution in [0.1, 0.15) is 37.7 Å². The summed E-state index contributed by atoms with van der Waals surface area (Å²) in [4.78, 5) is 19.8. The molecule has 1 N–H and O–H groups in total. The van der Waals surface area contributed by atoms with Gasteiger partial charge >= 0.3 is 0 Å². The normalized spacial score (nSPS) is 24.3. The highest BCUT2D eigenvalue weighted by molar-refractivity contribution is 7.89. The third-order valence-corrected chi connectivity index (χ3v) is 9.17. The van der Waals surface area contributed by atoms with E-state index in [1.54, 1.807) is 30.6 Å². The van der Waals surface area contributed by atoms with E-state index < -0.39 is 10.0 Å². The van der Waals surface area contributed by atoms with E-state index >= 15 is 0 Å². The first-order valence-corrected chi connectivity index (χ1v) is 14.3. The van der Waals surface area contributed by atoms with Crippen LogP contribution in [0.25, 0.3) is 0 Å². The number of carbonyl (C=O) groups excluding carboxylic acids is 1. The Morgan fingerprint density at radius 3 is 2.58 bits per heavy atom. The highest BCUT2D eigenvalue weighted by Crippen LogP contribution is 2.35. The van der Waals surface area contributed by atoms with Gasteiger partial charge in [0.1, 0.15) is 13.2 Å². The molecular formula is C26H34N4O5S. The fourth-order valence-corrected chi connectivity index (χ4v) is 6.84. The molecule has 0 spiro atoms. The first-order valence-electron chi connectivity index (χ1n) is 12.8. The molecule has 2 aromatic rings. The van der Waals surface area contributed by atoms with Gasteiger partial charge in [-0.1, -0.05) is 12.8 Å². The van der Waals surface area contributed by atoms with Crippen molar-refractivity contribution in [3.8, 4) is 11.5 Å². The second-order valence-corrected chi connectivity index (χ2v) is 11.6. The highest BCUT2D eigenvalue weighted by atomic mass is 32.2. The third-order valence-electron chi connectivity index (χ3n) is 7.31. The lowest BCUT2D eigenvalue weighted by Gasteiger charge is -2.43. The lowest BCUT2D eigenvalue weighted by Crippen LogP contribution is -2.57. The van der Waals surface area contributed by atoms with Crippen LogP contribution in [-0.4, -0.2) is 73.9 Å². The zero-order valence-corrected chi connectivity index (χ0v) is 21.3. The number of nitrogens with one attached hydrogen (secondary N) is 1. The zero-order chi connectivity index (χ0) is 25.0. The second-order valence-electron chi connectivity index (χ2n) is 9.66. The summed E-state index contributed by atoms with van der Waals surface area (Å²) in [5, 5.41) is 3.11. The Hall–Kier alpha value is -2.69. The Morgan fingerprint density at radius 2 is 1.75 bits per heavy atom. The zero-order valence-electron chi connectivity index (χ0n) is 20.5. The van der Waals surface area contributed by atoms with Gasteiger partial charge in [0.05, 0.1) is 10.8 Å². The number of fused-ring (bicyclic) bond motifs is 2. The summed E-state index contributed by atoms with van der Waals surface area (Å²) in [5.41, 5.74) is 1.10. The maximum atomic E-state index is 13.7. The number of carbonyl (C=O) groups is 1. The summed E-state index contributed by atoms with van der Waals surface area (Å²) >= 11 is 0. The Labute approximate surface area is 212 Å². The molecule has 36 heavy (non-hydrogen) atoms. The lowest BCUT2D eigenvalue weighted by molar-refractivity contribution is -0.129. The van der Waals surface area contributed by atoms with Crippen molar-refractivity contribution < 1.29 is 22.7 Å². The molecule has 10 heteroatoms. The van der Waals surface area contributed by atoms with Crippen LogP contribution in [0.4, 0.5) is 0 Å². The molecule has 0 radical (unpaired) electrons. The van der Waals surface area contributed by atoms with Crippen molar-refractivity contribution in [2.24, 2.45) is 5.92 Å². The molecule has 4 heterocycles. The molecule has 5 rings (SSSR count). The van der Waals surface area contributed by atoms with Crippen LogP contribution in [0.2, 0.25) is 0 Å². The third kappa shape index (κ3) is 5.50. The summed E-state index contributed by atoms with van der Waals surface area (Å²) in [5.74, 6) is 0.767. The van der Waals surface area contributed by atoms with Crippen molar-refractivity contribution >= 4 is 15.9 Å². The van der Waals surface area contributed by atoms with Crippen LogP contribution in [0.3, 0.4) is 0 Å². The van der Waals surface area contributed by atoms with Gasteiger partial charge in [-0.3, -0.25) is 14.7 Å². The number of hydrogen-bond acceptors (Lipinski definition) is 7. The van der Waals surface area contributed by atoms with Gasteiger partial charge in [0.25, 0.3) is 0 Å². The molecule has 0 bridgehead atoms. The number of sulfonamides is 1. The van der Waals surface area contributed by atoms with Gasteiger partial charge in [-0.25, -0.2) is 8.42 Å². The molecular weight excluding hydrogens is 480 g/mol. The Balaban J connectivity index is 1.43. The number of piperidine rings is 1. The number of nitrogens with zero attached hydrogens (tertiary/aromatic N) is 3. The Morgan fingerprint density at radius 1 is 0.972 bits per heavy atom. The van der Waals surface area contributed by atoms with Crippen LogP contribution in [0.15, 0.2) is 47.6 Å². The van der Waals surface area contributed by atoms with Crippen molar-refractivity contribution in [2.75, 3.05) is 39.4 Å². The summed E-state index contributed by atoms with van der Waals surface area (Å²) < 4.78 is 40.2. The molecule has 194 valence electrons. The van der Waals surface area contributed by atoms with Crippen LogP contribution in [0.5, 0.6) is 11.5 Å². The van der Waals surface area contributed by atoms with Gasteiger partial charge < -0.3 is 14.8 Å². The minimum absolute atomic E-state index is 0.0259. The van der Waals surface area contributed by atoms with E-state index in [4.69, 9.17) is 9.47 Å². The maximum absolute atomic E-state index is 13.7. The summed E-state index contributed by atoms with van der Waals surface area (Å²) in [7, 11) is -3.77. The van der Waals surface area contributed by atoms with E-state index in [2.05, 4.69) is 15.2 Å². The standard InChI is InChI=1S/C26H34N4O5S/c31-26-22-9-14-30(36(32,33)21-5-6-24-25(17-21)35-16-15-34-24)19-23(22)29(13-4-2-1-3-10-28-26)18-20-7-11-27-12-8-20/h5-8,11-12,17,22-23H,1-4,9-10,13-16,18-19H2,(H,28,31)/t22-,23-/m1/s1. The molecule has 0 saturated carbocycles. The van der Waals surface area contributed by atoms with E-state index in [1.165, 1.54) is 4.31 Å². The van der Waals surface area contributed by atoms with Crippen LogP contribution in [0, 0.1) is 5.92 Å². The van der Waals surface area contributed by atoms with Crippen molar-refractivity contribution in [1.82, 2.24) is 19.5 Å². The molecule has 0 aliphatic carbocycles. The largest absolute Gasteiger partial charge is 0.486 e. The van der Waals surface area contributed by atoms with E-state index in [0.717, 1.165) is 37.8 Å². The quantitative estimate of drug-likeness (QED) is 0.669. The first kappa shape index (κ1) is 25.0. The van der Waals surface area contributed by atoms with E-state index in [9.17, 15) is 13.2 Å². The molecule has 1 aromatic heterocycles. The number of amides is 1. The number of pyridine rings is 1.